The average molecular weight is 359 g/mol. The summed E-state index contributed by atoms with van der Waals surface area (Å²) in [6.45, 7) is 5.78. The molecule has 0 amide bonds. The van der Waals surface area contributed by atoms with E-state index in [1.165, 1.54) is 0 Å². The van der Waals surface area contributed by atoms with E-state index in [1.54, 1.807) is 7.11 Å². The second kappa shape index (κ2) is 6.83. The van der Waals surface area contributed by atoms with Crippen LogP contribution < -0.4 is 4.74 Å². The number of carbonyl (C=O) groups excluding carboxylic acids is 1. The Morgan fingerprint density at radius 2 is 1.59 bits per heavy atom. The number of ketones is 1. The maximum absolute atomic E-state index is 13.3. The fourth-order valence-electron chi connectivity index (χ4n) is 3.50. The van der Waals surface area contributed by atoms with Crippen molar-refractivity contribution >= 4 is 23.0 Å². The van der Waals surface area contributed by atoms with Crippen LogP contribution in [0.4, 0.5) is 0 Å². The van der Waals surface area contributed by atoms with Gasteiger partial charge in [-0.2, -0.15) is 0 Å². The maximum atomic E-state index is 13.3. The smallest absolute Gasteiger partial charge is 0.226 e. The summed E-state index contributed by atoms with van der Waals surface area (Å²) in [4.78, 5) is 25.0. The molecule has 0 bridgehead atoms. The zero-order chi connectivity index (χ0) is 19.0. The largest absolute Gasteiger partial charge is 0.497 e. The number of fused-ring (bicyclic) bond motifs is 3. The highest BCUT2D eigenvalue weighted by atomic mass is 16.5. The van der Waals surface area contributed by atoms with Gasteiger partial charge in [-0.15, -0.1) is 0 Å². The third kappa shape index (κ3) is 2.76. The van der Waals surface area contributed by atoms with Crippen molar-refractivity contribution in [2.24, 2.45) is 9.98 Å². The van der Waals surface area contributed by atoms with Crippen LogP contribution in [-0.2, 0) is 0 Å². The number of rotatable bonds is 4. The van der Waals surface area contributed by atoms with Crippen molar-refractivity contribution in [1.82, 2.24) is 4.90 Å². The first-order valence-corrected chi connectivity index (χ1v) is 9.13. The minimum atomic E-state index is -0.0192. The molecule has 1 aliphatic heterocycles. The second-order valence-electron chi connectivity index (χ2n) is 6.37. The van der Waals surface area contributed by atoms with Crippen molar-refractivity contribution in [3.05, 3.63) is 70.9 Å². The quantitative estimate of drug-likeness (QED) is 0.834. The molecule has 1 aliphatic carbocycles. The first-order chi connectivity index (χ1) is 13.2. The predicted molar refractivity (Wildman–Crippen MR) is 108 cm³/mol. The molecule has 0 saturated carbocycles. The topological polar surface area (TPSA) is 54.3 Å². The minimum Gasteiger partial charge on any atom is -0.497 e. The van der Waals surface area contributed by atoms with Gasteiger partial charge in [-0.25, -0.2) is 9.98 Å². The summed E-state index contributed by atoms with van der Waals surface area (Å²) in [6, 6.07) is 15.1. The lowest BCUT2D eigenvalue weighted by Gasteiger charge is -2.19. The Morgan fingerprint density at radius 1 is 0.926 bits per heavy atom. The van der Waals surface area contributed by atoms with Gasteiger partial charge in [0.05, 0.1) is 12.7 Å². The lowest BCUT2D eigenvalue weighted by atomic mass is 9.84. The molecule has 1 heterocycles. The molecular formula is C22H21N3O2. The van der Waals surface area contributed by atoms with Crippen molar-refractivity contribution in [2.75, 3.05) is 20.2 Å². The molecule has 0 saturated heterocycles. The molecule has 0 fully saturated rings. The van der Waals surface area contributed by atoms with Gasteiger partial charge < -0.3 is 9.64 Å². The van der Waals surface area contributed by atoms with E-state index in [2.05, 4.69) is 18.7 Å². The number of carbonyl (C=O) groups is 1. The van der Waals surface area contributed by atoms with E-state index in [9.17, 15) is 4.79 Å². The normalized spacial score (nSPS) is 15.1. The van der Waals surface area contributed by atoms with Crippen molar-refractivity contribution in [3.8, 4) is 5.75 Å². The number of methoxy groups -OCH3 is 1. The Balaban J connectivity index is 1.93. The number of allylic oxidation sites excluding steroid dienone is 2. The van der Waals surface area contributed by atoms with Crippen LogP contribution in [0, 0.1) is 0 Å². The van der Waals surface area contributed by atoms with Gasteiger partial charge in [-0.3, -0.25) is 4.79 Å². The predicted octanol–water partition coefficient (Wildman–Crippen LogP) is 3.80. The van der Waals surface area contributed by atoms with Gasteiger partial charge in [-0.1, -0.05) is 36.4 Å². The summed E-state index contributed by atoms with van der Waals surface area (Å²) in [6.07, 6.45) is 0. The molecule has 5 nitrogen and oxygen atoms in total. The van der Waals surface area contributed by atoms with E-state index in [0.29, 0.717) is 22.8 Å². The van der Waals surface area contributed by atoms with Crippen LogP contribution in [0.15, 0.2) is 64.2 Å². The Kier molecular flexibility index (Phi) is 4.36. The molecule has 0 atom stereocenters. The first-order valence-electron chi connectivity index (χ1n) is 9.13. The third-order valence-corrected chi connectivity index (χ3v) is 4.96. The van der Waals surface area contributed by atoms with Crippen molar-refractivity contribution < 1.29 is 9.53 Å². The number of ether oxygens (including phenoxy) is 1. The summed E-state index contributed by atoms with van der Waals surface area (Å²) >= 11 is 0. The second-order valence-corrected chi connectivity index (χ2v) is 6.37. The maximum Gasteiger partial charge on any atom is 0.226 e. The van der Waals surface area contributed by atoms with E-state index < -0.39 is 0 Å². The lowest BCUT2D eigenvalue weighted by Crippen LogP contribution is -2.28. The van der Waals surface area contributed by atoms with Gasteiger partial charge >= 0.3 is 0 Å². The molecule has 27 heavy (non-hydrogen) atoms. The van der Waals surface area contributed by atoms with Crippen LogP contribution in [0.5, 0.6) is 5.75 Å². The molecular weight excluding hydrogens is 338 g/mol. The summed E-state index contributed by atoms with van der Waals surface area (Å²) in [7, 11) is 1.63. The molecule has 0 aromatic heterocycles. The van der Waals surface area contributed by atoms with Crippen molar-refractivity contribution in [2.45, 2.75) is 13.8 Å². The molecule has 2 aromatic rings. The molecule has 2 aliphatic rings. The van der Waals surface area contributed by atoms with E-state index in [0.717, 1.165) is 35.7 Å². The summed E-state index contributed by atoms with van der Waals surface area (Å²) in [5.74, 6) is 1.40. The van der Waals surface area contributed by atoms with Crippen LogP contribution in [0.25, 0.3) is 5.57 Å². The van der Waals surface area contributed by atoms with Crippen molar-refractivity contribution in [3.63, 3.8) is 0 Å². The fourth-order valence-corrected chi connectivity index (χ4v) is 3.50. The Hall–Kier alpha value is -3.21. The van der Waals surface area contributed by atoms with Crippen LogP contribution >= 0.6 is 0 Å². The summed E-state index contributed by atoms with van der Waals surface area (Å²) in [5.41, 5.74) is 4.37. The monoisotopic (exact) mass is 359 g/mol. The van der Waals surface area contributed by atoms with Gasteiger partial charge in [0.15, 0.2) is 5.78 Å². The van der Waals surface area contributed by atoms with E-state index in [4.69, 9.17) is 14.7 Å². The first kappa shape index (κ1) is 17.2. The van der Waals surface area contributed by atoms with E-state index >= 15 is 0 Å². The highest BCUT2D eigenvalue weighted by Gasteiger charge is 2.35. The highest BCUT2D eigenvalue weighted by molar-refractivity contribution is 6.43. The molecule has 0 spiro atoms. The molecule has 4 rings (SSSR count). The summed E-state index contributed by atoms with van der Waals surface area (Å²) < 4.78 is 5.24. The number of Topliss-reactive ketones (excluding diaryl/α,β-unsaturated/α-hetero) is 1. The zero-order valence-electron chi connectivity index (χ0n) is 15.7. The zero-order valence-corrected chi connectivity index (χ0v) is 15.7. The lowest BCUT2D eigenvalue weighted by molar-refractivity contribution is 0.105. The van der Waals surface area contributed by atoms with E-state index in [-0.39, 0.29) is 5.78 Å². The van der Waals surface area contributed by atoms with Crippen molar-refractivity contribution in [1.29, 1.82) is 0 Å². The van der Waals surface area contributed by atoms with Gasteiger partial charge in [-0.05, 0) is 31.5 Å². The van der Waals surface area contributed by atoms with Gasteiger partial charge in [0.1, 0.15) is 17.2 Å². The minimum absolute atomic E-state index is 0.0192. The molecule has 0 N–H and O–H groups in total. The number of nitrogens with zero attached hydrogens (tertiary/aromatic N) is 3. The molecule has 136 valence electrons. The van der Waals surface area contributed by atoms with E-state index in [1.807, 2.05) is 48.5 Å². The number of hydrogen-bond donors (Lipinski definition) is 0. The number of aliphatic imine (C=N–C) groups is 2. The molecule has 2 aromatic carbocycles. The Morgan fingerprint density at radius 3 is 2.22 bits per heavy atom. The van der Waals surface area contributed by atoms with Gasteiger partial charge in [0.25, 0.3) is 0 Å². The number of guanidine groups is 1. The number of benzene rings is 2. The fraction of sp³-hybridized carbons (Fsp3) is 0.227. The third-order valence-electron chi connectivity index (χ3n) is 4.96. The Labute approximate surface area is 158 Å². The van der Waals surface area contributed by atoms with Crippen LogP contribution in [0.3, 0.4) is 0 Å². The van der Waals surface area contributed by atoms with Crippen LogP contribution in [0.1, 0.15) is 35.3 Å². The Bertz CT molecular complexity index is 996. The van der Waals surface area contributed by atoms with Crippen LogP contribution in [-0.4, -0.2) is 42.6 Å². The number of hydrogen-bond acceptors (Lipinski definition) is 5. The van der Waals surface area contributed by atoms with Gasteiger partial charge in [0, 0.05) is 24.2 Å². The van der Waals surface area contributed by atoms with Crippen LogP contribution in [0.2, 0.25) is 0 Å². The molecule has 0 unspecified atom stereocenters. The molecule has 5 heteroatoms. The SMILES string of the molecule is CCN(CC)C1=NC2=C(c3ccc(OC)cc3)C(=O)c3ccccc3C2=N1. The van der Waals surface area contributed by atoms with Gasteiger partial charge in [0.2, 0.25) is 5.96 Å². The highest BCUT2D eigenvalue weighted by Crippen LogP contribution is 2.36. The average Bonchev–Trinajstić information content (AvgIpc) is 3.14. The summed E-state index contributed by atoms with van der Waals surface area (Å²) in [5, 5.41) is 0. The molecule has 0 radical (unpaired) electrons. The standard InChI is InChI=1S/C22H21N3O2/c1-4-25(5-2)22-23-19-16-8-6-7-9-17(16)21(26)18(20(19)24-22)14-10-12-15(27-3)13-11-14/h6-13H,4-5H2,1-3H3.